The number of amides is 1. The lowest BCUT2D eigenvalue weighted by Crippen LogP contribution is -2.40. The number of nitrogens with one attached hydrogen (secondary N) is 1. The molecule has 7 heteroatoms. The van der Waals surface area contributed by atoms with Gasteiger partial charge in [0.25, 0.3) is 5.91 Å². The molecular formula is C15H16N4O3. The highest BCUT2D eigenvalue weighted by Crippen LogP contribution is 2.26. The van der Waals surface area contributed by atoms with Crippen LogP contribution in [0.5, 0.6) is 0 Å². The predicted molar refractivity (Wildman–Crippen MR) is 77.6 cm³/mol. The summed E-state index contributed by atoms with van der Waals surface area (Å²) < 4.78 is 0. The number of nitrogens with zero attached hydrogens (tertiary/aromatic N) is 3. The third-order valence-electron chi connectivity index (χ3n) is 3.86. The van der Waals surface area contributed by atoms with E-state index in [-0.39, 0.29) is 17.6 Å². The van der Waals surface area contributed by atoms with Gasteiger partial charge in [-0.2, -0.15) is 9.90 Å². The Morgan fingerprint density at radius 2 is 2.00 bits per heavy atom. The van der Waals surface area contributed by atoms with Gasteiger partial charge in [-0.3, -0.25) is 9.59 Å². The third kappa shape index (κ3) is 2.83. The van der Waals surface area contributed by atoms with E-state index in [4.69, 9.17) is 5.11 Å². The van der Waals surface area contributed by atoms with Crippen LogP contribution in [0.15, 0.2) is 36.5 Å². The Morgan fingerprint density at radius 1 is 1.23 bits per heavy atom. The molecule has 1 heterocycles. The number of aliphatic carboxylic acids is 1. The van der Waals surface area contributed by atoms with Crippen molar-refractivity contribution in [3.63, 3.8) is 0 Å². The molecule has 0 bridgehead atoms. The van der Waals surface area contributed by atoms with Crippen LogP contribution in [0.2, 0.25) is 0 Å². The summed E-state index contributed by atoms with van der Waals surface area (Å²) in [5.74, 6) is -1.77. The van der Waals surface area contributed by atoms with E-state index in [1.54, 1.807) is 0 Å². The van der Waals surface area contributed by atoms with Crippen molar-refractivity contribution in [3.05, 3.63) is 42.2 Å². The van der Waals surface area contributed by atoms with E-state index in [2.05, 4.69) is 15.5 Å². The number of aromatic nitrogens is 3. The number of hydrogen-bond acceptors (Lipinski definition) is 4. The van der Waals surface area contributed by atoms with Gasteiger partial charge < -0.3 is 10.4 Å². The quantitative estimate of drug-likeness (QED) is 0.885. The van der Waals surface area contributed by atoms with E-state index < -0.39 is 11.9 Å². The van der Waals surface area contributed by atoms with Gasteiger partial charge in [-0.05, 0) is 25.0 Å². The molecule has 1 amide bonds. The molecule has 0 saturated heterocycles. The normalized spacial score (nSPS) is 20.7. The van der Waals surface area contributed by atoms with Crippen molar-refractivity contribution in [1.29, 1.82) is 0 Å². The van der Waals surface area contributed by atoms with E-state index in [9.17, 15) is 9.59 Å². The number of carboxylic acid groups (broad SMARTS) is 1. The number of carbonyl (C=O) groups excluding carboxylic acids is 1. The molecule has 2 N–H and O–H groups in total. The fourth-order valence-corrected chi connectivity index (χ4v) is 2.72. The number of rotatable bonds is 4. The van der Waals surface area contributed by atoms with Crippen LogP contribution in [0.1, 0.15) is 29.8 Å². The van der Waals surface area contributed by atoms with E-state index in [1.807, 2.05) is 30.3 Å². The Labute approximate surface area is 126 Å². The van der Waals surface area contributed by atoms with Crippen molar-refractivity contribution in [2.75, 3.05) is 0 Å². The summed E-state index contributed by atoms with van der Waals surface area (Å²) in [6, 6.07) is 8.92. The second kappa shape index (κ2) is 5.97. The summed E-state index contributed by atoms with van der Waals surface area (Å²) in [6.45, 7) is 0. The first kappa shape index (κ1) is 14.2. The first-order chi connectivity index (χ1) is 10.6. The van der Waals surface area contributed by atoms with Crippen LogP contribution in [0.3, 0.4) is 0 Å². The second-order valence-corrected chi connectivity index (χ2v) is 5.31. The van der Waals surface area contributed by atoms with E-state index in [1.165, 1.54) is 11.0 Å². The van der Waals surface area contributed by atoms with Gasteiger partial charge in [0.1, 0.15) is 0 Å². The van der Waals surface area contributed by atoms with Crippen LogP contribution in [0, 0.1) is 5.92 Å². The maximum atomic E-state index is 12.2. The summed E-state index contributed by atoms with van der Waals surface area (Å²) in [7, 11) is 0. The number of para-hydroxylation sites is 1. The zero-order valence-electron chi connectivity index (χ0n) is 11.8. The number of carboxylic acids is 1. The number of carbonyl (C=O) groups is 2. The number of benzene rings is 1. The van der Waals surface area contributed by atoms with Crippen LogP contribution in [-0.4, -0.2) is 38.0 Å². The Hall–Kier alpha value is -2.70. The molecular weight excluding hydrogens is 284 g/mol. The standard InChI is InChI=1S/C15H16N4O3/c20-14(17-12-8-4-7-11(12)15(21)22)13-9-16-19(18-13)10-5-2-1-3-6-10/h1-3,5-6,9,11-12H,4,7-8H2,(H,17,20)(H,21,22)/t11-,12+/m1/s1. The van der Waals surface area contributed by atoms with Crippen LogP contribution in [0.4, 0.5) is 0 Å². The van der Waals surface area contributed by atoms with Crippen LogP contribution in [-0.2, 0) is 4.79 Å². The molecule has 1 aromatic heterocycles. The lowest BCUT2D eigenvalue weighted by molar-refractivity contribution is -0.142. The molecule has 22 heavy (non-hydrogen) atoms. The van der Waals surface area contributed by atoms with E-state index in [0.29, 0.717) is 12.8 Å². The number of hydrogen-bond donors (Lipinski definition) is 2. The van der Waals surface area contributed by atoms with Gasteiger partial charge in [0.05, 0.1) is 17.8 Å². The van der Waals surface area contributed by atoms with Crippen molar-refractivity contribution in [3.8, 4) is 5.69 Å². The van der Waals surface area contributed by atoms with Gasteiger partial charge in [-0.25, -0.2) is 0 Å². The summed E-state index contributed by atoms with van der Waals surface area (Å²) in [5, 5.41) is 20.1. The first-order valence-electron chi connectivity index (χ1n) is 7.16. The van der Waals surface area contributed by atoms with Crippen LogP contribution >= 0.6 is 0 Å². The fourth-order valence-electron chi connectivity index (χ4n) is 2.72. The monoisotopic (exact) mass is 300 g/mol. The average Bonchev–Trinajstić information content (AvgIpc) is 3.17. The zero-order valence-corrected chi connectivity index (χ0v) is 11.8. The van der Waals surface area contributed by atoms with Crippen molar-refractivity contribution in [1.82, 2.24) is 20.3 Å². The summed E-state index contributed by atoms with van der Waals surface area (Å²) >= 11 is 0. The molecule has 1 saturated carbocycles. The molecule has 0 radical (unpaired) electrons. The molecule has 0 unspecified atom stereocenters. The minimum Gasteiger partial charge on any atom is -0.481 e. The molecule has 1 aliphatic rings. The molecule has 2 atom stereocenters. The molecule has 7 nitrogen and oxygen atoms in total. The van der Waals surface area contributed by atoms with Gasteiger partial charge in [0.2, 0.25) is 0 Å². The van der Waals surface area contributed by atoms with E-state index in [0.717, 1.165) is 12.1 Å². The van der Waals surface area contributed by atoms with Gasteiger partial charge in [-0.1, -0.05) is 24.6 Å². The molecule has 2 aromatic rings. The van der Waals surface area contributed by atoms with Crippen LogP contribution < -0.4 is 5.32 Å². The van der Waals surface area contributed by atoms with E-state index >= 15 is 0 Å². The smallest absolute Gasteiger partial charge is 0.308 e. The molecule has 114 valence electrons. The molecule has 1 aromatic carbocycles. The SMILES string of the molecule is O=C(N[C@H]1CCC[C@H]1C(=O)O)c1cnn(-c2ccccc2)n1. The Kier molecular flexibility index (Phi) is 3.86. The van der Waals surface area contributed by atoms with Gasteiger partial charge in [0.15, 0.2) is 5.69 Å². The van der Waals surface area contributed by atoms with Gasteiger partial charge >= 0.3 is 5.97 Å². The van der Waals surface area contributed by atoms with Crippen molar-refractivity contribution in [2.45, 2.75) is 25.3 Å². The van der Waals surface area contributed by atoms with Gasteiger partial charge in [0, 0.05) is 6.04 Å². The predicted octanol–water partition coefficient (Wildman–Crippen LogP) is 1.25. The molecule has 3 rings (SSSR count). The van der Waals surface area contributed by atoms with Gasteiger partial charge in [-0.15, -0.1) is 5.10 Å². The molecule has 0 aliphatic heterocycles. The summed E-state index contributed by atoms with van der Waals surface area (Å²) in [4.78, 5) is 24.7. The first-order valence-corrected chi connectivity index (χ1v) is 7.16. The minimum atomic E-state index is -0.865. The highest BCUT2D eigenvalue weighted by molar-refractivity contribution is 5.92. The highest BCUT2D eigenvalue weighted by atomic mass is 16.4. The zero-order chi connectivity index (χ0) is 15.5. The Balaban J connectivity index is 1.71. The summed E-state index contributed by atoms with van der Waals surface area (Å²) in [5.41, 5.74) is 0.936. The summed E-state index contributed by atoms with van der Waals surface area (Å²) in [6.07, 6.45) is 3.46. The molecule has 1 fully saturated rings. The Morgan fingerprint density at radius 3 is 2.73 bits per heavy atom. The lowest BCUT2D eigenvalue weighted by atomic mass is 10.0. The maximum Gasteiger partial charge on any atom is 0.308 e. The van der Waals surface area contributed by atoms with Crippen LogP contribution in [0.25, 0.3) is 5.69 Å². The minimum absolute atomic E-state index is 0.180. The topological polar surface area (TPSA) is 97.1 Å². The second-order valence-electron chi connectivity index (χ2n) is 5.31. The lowest BCUT2D eigenvalue weighted by Gasteiger charge is -2.16. The highest BCUT2D eigenvalue weighted by Gasteiger charge is 2.34. The largest absolute Gasteiger partial charge is 0.481 e. The fraction of sp³-hybridized carbons (Fsp3) is 0.333. The maximum absolute atomic E-state index is 12.2. The van der Waals surface area contributed by atoms with Crippen molar-refractivity contribution < 1.29 is 14.7 Å². The molecule has 1 aliphatic carbocycles. The van der Waals surface area contributed by atoms with Crippen molar-refractivity contribution >= 4 is 11.9 Å². The average molecular weight is 300 g/mol. The van der Waals surface area contributed by atoms with Crippen molar-refractivity contribution in [2.24, 2.45) is 5.92 Å². The third-order valence-corrected chi connectivity index (χ3v) is 3.86. The Bertz CT molecular complexity index is 683. The molecule has 0 spiro atoms.